The fraction of sp³-hybridized carbons (Fsp3) is 0.267. The Kier molecular flexibility index (Phi) is 5.01. The molecule has 0 saturated heterocycles. The van der Waals surface area contributed by atoms with Crippen molar-refractivity contribution in [1.29, 1.82) is 0 Å². The van der Waals surface area contributed by atoms with Gasteiger partial charge in [0.15, 0.2) is 0 Å². The van der Waals surface area contributed by atoms with Crippen LogP contribution in [0.1, 0.15) is 13.8 Å². The average molecular weight is 354 g/mol. The number of hydrogen-bond acceptors (Lipinski definition) is 4. The Morgan fingerprint density at radius 2 is 2.10 bits per heavy atom. The fourth-order valence-electron chi connectivity index (χ4n) is 1.61. The summed E-state index contributed by atoms with van der Waals surface area (Å²) in [5, 5.41) is 3.09. The first kappa shape index (κ1) is 15.6. The second kappa shape index (κ2) is 6.76. The topological polar surface area (TPSA) is 60.2 Å². The van der Waals surface area contributed by atoms with Gasteiger partial charge >= 0.3 is 0 Å². The van der Waals surface area contributed by atoms with Gasteiger partial charge in [0, 0.05) is 4.47 Å². The third kappa shape index (κ3) is 4.32. The van der Waals surface area contributed by atoms with Gasteiger partial charge in [0.1, 0.15) is 11.6 Å². The summed E-state index contributed by atoms with van der Waals surface area (Å²) in [6, 6.07) is 7.86. The van der Waals surface area contributed by atoms with Crippen LogP contribution in [-0.4, -0.2) is 11.6 Å². The van der Waals surface area contributed by atoms with Crippen LogP contribution in [0, 0.1) is 11.7 Å². The van der Waals surface area contributed by atoms with Crippen LogP contribution in [0.2, 0.25) is 0 Å². The van der Waals surface area contributed by atoms with E-state index in [2.05, 4.69) is 26.2 Å². The van der Waals surface area contributed by atoms with Crippen LogP contribution in [0.4, 0.5) is 21.6 Å². The fourth-order valence-corrected chi connectivity index (χ4v) is 2.06. The number of rotatable bonds is 5. The monoisotopic (exact) mass is 353 g/mol. The summed E-state index contributed by atoms with van der Waals surface area (Å²) in [5.41, 5.74) is 7.04. The summed E-state index contributed by atoms with van der Waals surface area (Å²) >= 11 is 3.30. The van der Waals surface area contributed by atoms with Gasteiger partial charge in [0.2, 0.25) is 5.88 Å². The maximum absolute atomic E-state index is 13.1. The number of hydrogen-bond donors (Lipinski definition) is 2. The van der Waals surface area contributed by atoms with Crippen molar-refractivity contribution >= 4 is 33.1 Å². The number of nitrogens with two attached hydrogens (primary N) is 1. The highest BCUT2D eigenvalue weighted by atomic mass is 79.9. The van der Waals surface area contributed by atoms with E-state index < -0.39 is 0 Å². The molecule has 4 nitrogen and oxygen atoms in total. The molecule has 0 bridgehead atoms. The molecule has 1 heterocycles. The molecule has 0 amide bonds. The molecule has 21 heavy (non-hydrogen) atoms. The molecule has 0 fully saturated rings. The van der Waals surface area contributed by atoms with Crippen molar-refractivity contribution in [2.45, 2.75) is 13.8 Å². The number of benzene rings is 1. The lowest BCUT2D eigenvalue weighted by Crippen LogP contribution is -2.08. The second-order valence-electron chi connectivity index (χ2n) is 5.04. The van der Waals surface area contributed by atoms with Gasteiger partial charge in [-0.25, -0.2) is 4.39 Å². The minimum atomic E-state index is -0.307. The molecule has 1 aromatic carbocycles. The zero-order valence-electron chi connectivity index (χ0n) is 11.9. The van der Waals surface area contributed by atoms with Crippen molar-refractivity contribution in [3.8, 4) is 5.88 Å². The molecule has 0 aliphatic rings. The molecule has 0 aliphatic carbocycles. The summed E-state index contributed by atoms with van der Waals surface area (Å²) in [7, 11) is 0. The van der Waals surface area contributed by atoms with Crippen molar-refractivity contribution in [2.75, 3.05) is 17.7 Å². The van der Waals surface area contributed by atoms with Crippen molar-refractivity contribution < 1.29 is 9.13 Å². The zero-order valence-corrected chi connectivity index (χ0v) is 13.4. The van der Waals surface area contributed by atoms with Crippen LogP contribution in [0.5, 0.6) is 5.88 Å². The summed E-state index contributed by atoms with van der Waals surface area (Å²) < 4.78 is 19.3. The predicted octanol–water partition coefficient (Wildman–Crippen LogP) is 4.34. The summed E-state index contributed by atoms with van der Waals surface area (Å²) in [6.07, 6.45) is 0. The van der Waals surface area contributed by atoms with E-state index in [1.165, 1.54) is 12.1 Å². The predicted molar refractivity (Wildman–Crippen MR) is 86.4 cm³/mol. The van der Waals surface area contributed by atoms with Crippen molar-refractivity contribution in [1.82, 2.24) is 4.98 Å². The molecular weight excluding hydrogens is 337 g/mol. The van der Waals surface area contributed by atoms with E-state index in [1.54, 1.807) is 18.2 Å². The highest BCUT2D eigenvalue weighted by Gasteiger charge is 2.08. The lowest BCUT2D eigenvalue weighted by molar-refractivity contribution is 0.263. The number of anilines is 3. The van der Waals surface area contributed by atoms with Crippen LogP contribution in [0.3, 0.4) is 0 Å². The van der Waals surface area contributed by atoms with E-state index in [1.807, 2.05) is 13.8 Å². The first-order chi connectivity index (χ1) is 9.95. The number of pyridine rings is 1. The Labute approximate surface area is 131 Å². The molecule has 6 heteroatoms. The third-order valence-corrected chi connectivity index (χ3v) is 3.29. The Bertz CT molecular complexity index is 634. The lowest BCUT2D eigenvalue weighted by atomic mass is 10.2. The van der Waals surface area contributed by atoms with E-state index >= 15 is 0 Å². The molecule has 3 N–H and O–H groups in total. The number of nitrogen functional groups attached to an aromatic ring is 1. The van der Waals surface area contributed by atoms with Crippen molar-refractivity contribution in [2.24, 2.45) is 5.92 Å². The van der Waals surface area contributed by atoms with E-state index in [-0.39, 0.29) is 5.82 Å². The molecule has 0 spiro atoms. The minimum absolute atomic E-state index is 0.307. The maximum Gasteiger partial charge on any atom is 0.239 e. The molecular formula is C15H17BrFN3O. The van der Waals surface area contributed by atoms with E-state index in [4.69, 9.17) is 10.5 Å². The summed E-state index contributed by atoms with van der Waals surface area (Å²) in [6.45, 7) is 4.64. The molecule has 112 valence electrons. The highest BCUT2D eigenvalue weighted by molar-refractivity contribution is 9.10. The van der Waals surface area contributed by atoms with Gasteiger partial charge < -0.3 is 15.8 Å². The molecule has 2 aromatic rings. The number of ether oxygens (including phenoxy) is 1. The van der Waals surface area contributed by atoms with Gasteiger partial charge in [0.05, 0.1) is 18.0 Å². The summed E-state index contributed by atoms with van der Waals surface area (Å²) in [4.78, 5) is 4.33. The van der Waals surface area contributed by atoms with Crippen LogP contribution >= 0.6 is 15.9 Å². The average Bonchev–Trinajstić information content (AvgIpc) is 2.42. The van der Waals surface area contributed by atoms with Gasteiger partial charge in [-0.15, -0.1) is 0 Å². The minimum Gasteiger partial charge on any atom is -0.476 e. The molecule has 0 saturated carbocycles. The molecule has 2 rings (SSSR count). The third-order valence-electron chi connectivity index (χ3n) is 2.64. The summed E-state index contributed by atoms with van der Waals surface area (Å²) in [5.74, 6) is 1.05. The molecule has 0 unspecified atom stereocenters. The van der Waals surface area contributed by atoms with Gasteiger partial charge in [-0.3, -0.25) is 0 Å². The van der Waals surface area contributed by atoms with E-state index in [9.17, 15) is 4.39 Å². The highest BCUT2D eigenvalue weighted by Crippen LogP contribution is 2.28. The molecule has 0 radical (unpaired) electrons. The zero-order chi connectivity index (χ0) is 15.4. The number of aromatic nitrogens is 1. The van der Waals surface area contributed by atoms with Crippen LogP contribution in [-0.2, 0) is 0 Å². The van der Waals surface area contributed by atoms with Crippen LogP contribution in [0.25, 0.3) is 0 Å². The molecule has 0 aliphatic heterocycles. The lowest BCUT2D eigenvalue weighted by Gasteiger charge is -2.13. The van der Waals surface area contributed by atoms with Gasteiger partial charge in [0.25, 0.3) is 0 Å². The Balaban J connectivity index is 2.18. The van der Waals surface area contributed by atoms with Gasteiger partial charge in [-0.1, -0.05) is 13.8 Å². The smallest absolute Gasteiger partial charge is 0.239 e. The first-order valence-electron chi connectivity index (χ1n) is 6.57. The van der Waals surface area contributed by atoms with Crippen molar-refractivity contribution in [3.05, 3.63) is 40.6 Å². The largest absolute Gasteiger partial charge is 0.476 e. The van der Waals surface area contributed by atoms with Crippen LogP contribution < -0.4 is 15.8 Å². The Morgan fingerprint density at radius 3 is 2.76 bits per heavy atom. The number of halogens is 2. The van der Waals surface area contributed by atoms with E-state index in [0.717, 1.165) is 0 Å². The van der Waals surface area contributed by atoms with Crippen molar-refractivity contribution in [3.63, 3.8) is 0 Å². The molecule has 0 atom stereocenters. The second-order valence-corrected chi connectivity index (χ2v) is 5.90. The molecule has 1 aromatic heterocycles. The van der Waals surface area contributed by atoms with E-state index in [0.29, 0.717) is 40.1 Å². The van der Waals surface area contributed by atoms with Gasteiger partial charge in [-0.2, -0.15) is 4.98 Å². The quantitative estimate of drug-likeness (QED) is 0.838. The Hall–Kier alpha value is -1.82. The SMILES string of the molecule is CC(C)COc1nc(Nc2ccc(F)cc2Br)ccc1N. The normalized spacial score (nSPS) is 10.7. The van der Waals surface area contributed by atoms with Crippen LogP contribution in [0.15, 0.2) is 34.8 Å². The number of nitrogens with zero attached hydrogens (tertiary/aromatic N) is 1. The van der Waals surface area contributed by atoms with Gasteiger partial charge in [-0.05, 0) is 52.2 Å². The Morgan fingerprint density at radius 1 is 1.33 bits per heavy atom. The number of nitrogens with one attached hydrogen (secondary N) is 1. The first-order valence-corrected chi connectivity index (χ1v) is 7.36. The maximum atomic E-state index is 13.1. The standard InChI is InChI=1S/C15H17BrFN3O/c1-9(2)8-21-15-12(18)4-6-14(20-15)19-13-5-3-10(17)7-11(13)16/h3-7,9H,8,18H2,1-2H3,(H,19,20).